The molecule has 10 nitrogen and oxygen atoms in total. The highest BCUT2D eigenvalue weighted by Crippen LogP contribution is 2.27. The summed E-state index contributed by atoms with van der Waals surface area (Å²) in [6.07, 6.45) is 0. The Morgan fingerprint density at radius 2 is 1.97 bits per heavy atom. The number of nitrogens with zero attached hydrogens (tertiary/aromatic N) is 6. The van der Waals surface area contributed by atoms with Gasteiger partial charge in [0.05, 0.1) is 4.92 Å². The van der Waals surface area contributed by atoms with Gasteiger partial charge in [-0.15, -0.1) is 5.10 Å². The minimum absolute atomic E-state index is 0.0196. The molecule has 1 aromatic carbocycles. The second-order valence-electron chi connectivity index (χ2n) is 6.51. The predicted molar refractivity (Wildman–Crippen MR) is 108 cm³/mol. The summed E-state index contributed by atoms with van der Waals surface area (Å²) in [6, 6.07) is 5.46. The van der Waals surface area contributed by atoms with Gasteiger partial charge in [-0.3, -0.25) is 19.7 Å². The maximum absolute atomic E-state index is 12.8. The third kappa shape index (κ3) is 3.66. The molecule has 0 radical (unpaired) electrons. The van der Waals surface area contributed by atoms with Crippen LogP contribution < -0.4 is 10.5 Å². The molecule has 1 fully saturated rings. The number of carbonyl (C=O) groups is 1. The van der Waals surface area contributed by atoms with Gasteiger partial charge in [0.15, 0.2) is 0 Å². The zero-order valence-electron chi connectivity index (χ0n) is 15.2. The van der Waals surface area contributed by atoms with Gasteiger partial charge in [-0.25, -0.2) is 4.52 Å². The molecule has 1 aliphatic rings. The number of rotatable bonds is 3. The Kier molecular flexibility index (Phi) is 4.92. The Bertz CT molecular complexity index is 1180. The van der Waals surface area contributed by atoms with Crippen molar-refractivity contribution >= 4 is 44.6 Å². The fourth-order valence-electron chi connectivity index (χ4n) is 3.18. The summed E-state index contributed by atoms with van der Waals surface area (Å²) in [7, 11) is 0. The highest BCUT2D eigenvalue weighted by molar-refractivity contribution is 7.20. The Balaban J connectivity index is 1.51. The molecule has 0 N–H and O–H groups in total. The summed E-state index contributed by atoms with van der Waals surface area (Å²) >= 11 is 7.13. The van der Waals surface area contributed by atoms with Crippen LogP contribution in [-0.2, 0) is 0 Å². The van der Waals surface area contributed by atoms with Gasteiger partial charge in [-0.05, 0) is 19.1 Å². The molecule has 0 aliphatic carbocycles. The van der Waals surface area contributed by atoms with Crippen molar-refractivity contribution < 1.29 is 9.72 Å². The smallest absolute Gasteiger partial charge is 0.283 e. The zero-order valence-corrected chi connectivity index (χ0v) is 16.8. The second kappa shape index (κ2) is 7.41. The summed E-state index contributed by atoms with van der Waals surface area (Å²) in [5, 5.41) is 16.7. The molecule has 0 spiro atoms. The van der Waals surface area contributed by atoms with Crippen molar-refractivity contribution in [1.29, 1.82) is 0 Å². The molecule has 3 aromatic rings. The lowest BCUT2D eigenvalue weighted by atomic mass is 10.1. The largest absolute Gasteiger partial charge is 0.343 e. The maximum Gasteiger partial charge on any atom is 0.283 e. The molecule has 12 heteroatoms. The average molecular weight is 435 g/mol. The van der Waals surface area contributed by atoms with E-state index >= 15 is 0 Å². The number of fused-ring (bicyclic) bond motifs is 1. The van der Waals surface area contributed by atoms with Gasteiger partial charge >= 0.3 is 0 Å². The monoisotopic (exact) mass is 434 g/mol. The van der Waals surface area contributed by atoms with E-state index in [1.165, 1.54) is 35.6 Å². The normalized spacial score (nSPS) is 14.4. The number of hydrogen-bond donors (Lipinski definition) is 0. The molecule has 29 heavy (non-hydrogen) atoms. The van der Waals surface area contributed by atoms with E-state index in [4.69, 9.17) is 11.6 Å². The van der Waals surface area contributed by atoms with Crippen LogP contribution >= 0.6 is 22.9 Å². The molecule has 150 valence electrons. The van der Waals surface area contributed by atoms with Gasteiger partial charge in [0.1, 0.15) is 5.56 Å². The van der Waals surface area contributed by atoms with Gasteiger partial charge in [-0.2, -0.15) is 4.98 Å². The number of halogens is 1. The third-order valence-electron chi connectivity index (χ3n) is 4.65. The first kappa shape index (κ1) is 19.3. The van der Waals surface area contributed by atoms with Crippen molar-refractivity contribution in [1.82, 2.24) is 19.5 Å². The number of aryl methyl sites for hydroxylation is 1. The standard InChI is InChI=1S/C17H15ClN6O4S/c1-10-8-14(25)19-16-23(10)20-17(29-16)22-6-4-21(5-7-22)15(26)12-3-2-11(18)9-13(12)24(27)28/h2-3,8-9H,4-7H2,1H3. The quantitative estimate of drug-likeness (QED) is 0.457. The first-order valence-electron chi connectivity index (χ1n) is 8.69. The van der Waals surface area contributed by atoms with Crippen LogP contribution in [0.15, 0.2) is 29.1 Å². The molecule has 0 bridgehead atoms. The Morgan fingerprint density at radius 3 is 2.66 bits per heavy atom. The Morgan fingerprint density at radius 1 is 1.24 bits per heavy atom. The van der Waals surface area contributed by atoms with Crippen LogP contribution in [0.1, 0.15) is 16.1 Å². The van der Waals surface area contributed by atoms with Crippen LogP contribution in [0.25, 0.3) is 4.96 Å². The lowest BCUT2D eigenvalue weighted by molar-refractivity contribution is -0.385. The number of nitro benzene ring substituents is 1. The number of benzene rings is 1. The van der Waals surface area contributed by atoms with Gasteiger partial charge in [0, 0.05) is 49.0 Å². The van der Waals surface area contributed by atoms with Crippen LogP contribution in [-0.4, -0.2) is 56.5 Å². The molecule has 1 amide bonds. The number of piperazine rings is 1. The third-order valence-corrected chi connectivity index (χ3v) is 5.85. The number of hydrogen-bond acceptors (Lipinski definition) is 8. The first-order chi connectivity index (χ1) is 13.8. The first-order valence-corrected chi connectivity index (χ1v) is 9.88. The lowest BCUT2D eigenvalue weighted by Crippen LogP contribution is -2.48. The fraction of sp³-hybridized carbons (Fsp3) is 0.294. The molecule has 2 aromatic heterocycles. The highest BCUT2D eigenvalue weighted by Gasteiger charge is 2.28. The van der Waals surface area contributed by atoms with E-state index in [2.05, 4.69) is 10.1 Å². The summed E-state index contributed by atoms with van der Waals surface area (Å²) in [6.45, 7) is 3.58. The second-order valence-corrected chi connectivity index (χ2v) is 7.88. The van der Waals surface area contributed by atoms with E-state index in [0.717, 1.165) is 0 Å². The topological polar surface area (TPSA) is 114 Å². The van der Waals surface area contributed by atoms with Crippen molar-refractivity contribution in [2.24, 2.45) is 0 Å². The Hall–Kier alpha value is -3.05. The summed E-state index contributed by atoms with van der Waals surface area (Å²) in [4.78, 5) is 43.1. The number of amides is 1. The zero-order chi connectivity index (χ0) is 20.7. The van der Waals surface area contributed by atoms with Crippen molar-refractivity contribution in [3.05, 3.63) is 61.0 Å². The van der Waals surface area contributed by atoms with Gasteiger partial charge in [0.25, 0.3) is 17.2 Å². The van der Waals surface area contributed by atoms with Crippen molar-refractivity contribution in [3.8, 4) is 0 Å². The van der Waals surface area contributed by atoms with E-state index in [1.807, 2.05) is 4.90 Å². The lowest BCUT2D eigenvalue weighted by Gasteiger charge is -2.34. The number of aromatic nitrogens is 3. The maximum atomic E-state index is 12.8. The van der Waals surface area contributed by atoms with Crippen LogP contribution in [0.3, 0.4) is 0 Å². The Labute approximate surface area is 173 Å². The van der Waals surface area contributed by atoms with Gasteiger partial charge in [-0.1, -0.05) is 22.9 Å². The van der Waals surface area contributed by atoms with E-state index in [-0.39, 0.29) is 21.8 Å². The van der Waals surface area contributed by atoms with E-state index in [9.17, 15) is 19.7 Å². The van der Waals surface area contributed by atoms with Gasteiger partial charge in [0.2, 0.25) is 10.1 Å². The predicted octanol–water partition coefficient (Wildman–Crippen LogP) is 1.98. The molecular weight excluding hydrogens is 420 g/mol. The summed E-state index contributed by atoms with van der Waals surface area (Å²) in [5.41, 5.74) is 0.109. The molecule has 0 unspecified atom stereocenters. The van der Waals surface area contributed by atoms with E-state index < -0.39 is 10.8 Å². The van der Waals surface area contributed by atoms with E-state index in [0.29, 0.717) is 42.0 Å². The molecule has 0 saturated carbocycles. The van der Waals surface area contributed by atoms with Crippen molar-refractivity contribution in [3.63, 3.8) is 0 Å². The van der Waals surface area contributed by atoms with Crippen molar-refractivity contribution in [2.45, 2.75) is 6.92 Å². The SMILES string of the molecule is Cc1cc(=O)nc2sc(N3CCN(C(=O)c4ccc(Cl)cc4[N+](=O)[O-])CC3)nn12. The van der Waals surface area contributed by atoms with Gasteiger partial charge < -0.3 is 9.80 Å². The highest BCUT2D eigenvalue weighted by atomic mass is 35.5. The van der Waals surface area contributed by atoms with Crippen LogP contribution in [0, 0.1) is 17.0 Å². The molecular formula is C17H15ClN6O4S. The number of nitro groups is 1. The average Bonchev–Trinajstić information content (AvgIpc) is 3.12. The minimum Gasteiger partial charge on any atom is -0.343 e. The fourth-order valence-corrected chi connectivity index (χ4v) is 4.35. The van der Waals surface area contributed by atoms with Crippen LogP contribution in [0.4, 0.5) is 10.8 Å². The van der Waals surface area contributed by atoms with E-state index in [1.54, 1.807) is 16.3 Å². The minimum atomic E-state index is -0.604. The number of carbonyl (C=O) groups excluding carboxylic acids is 1. The molecule has 1 aliphatic heterocycles. The van der Waals surface area contributed by atoms with Crippen molar-refractivity contribution in [2.75, 3.05) is 31.1 Å². The summed E-state index contributed by atoms with van der Waals surface area (Å²) < 4.78 is 1.62. The van der Waals surface area contributed by atoms with Crippen LogP contribution in [0.2, 0.25) is 5.02 Å². The molecule has 4 rings (SSSR count). The molecule has 3 heterocycles. The molecule has 1 saturated heterocycles. The molecule has 0 atom stereocenters. The number of anilines is 1. The summed E-state index contributed by atoms with van der Waals surface area (Å²) in [5.74, 6) is -0.403. The van der Waals surface area contributed by atoms with Crippen LogP contribution in [0.5, 0.6) is 0 Å².